The molecular formula is C13H12N6O. The summed E-state index contributed by atoms with van der Waals surface area (Å²) in [6, 6.07) is 6.55. The monoisotopic (exact) mass is 268 g/mol. The molecule has 7 heteroatoms. The second kappa shape index (κ2) is 7.37. The Kier molecular flexibility index (Phi) is 4.92. The fourth-order valence-electron chi connectivity index (χ4n) is 1.25. The zero-order chi connectivity index (χ0) is 14.0. The molecule has 0 fully saturated rings. The number of hydrogen-bond acceptors (Lipinski definition) is 5. The highest BCUT2D eigenvalue weighted by Gasteiger charge is 1.93. The summed E-state index contributed by atoms with van der Waals surface area (Å²) in [6.45, 7) is 0. The fraction of sp³-hybridized carbons (Fsp3) is 0. The molecule has 0 saturated heterocycles. The van der Waals surface area contributed by atoms with Crippen LogP contribution in [0.5, 0.6) is 0 Å². The fourth-order valence-corrected chi connectivity index (χ4v) is 1.25. The molecule has 0 unspecified atom stereocenters. The molecule has 0 bridgehead atoms. The smallest absolute Gasteiger partial charge is 0.265 e. The zero-order valence-corrected chi connectivity index (χ0v) is 10.5. The van der Waals surface area contributed by atoms with E-state index < -0.39 is 6.03 Å². The third kappa shape index (κ3) is 4.65. The third-order valence-electron chi connectivity index (χ3n) is 2.17. The molecular weight excluding hydrogens is 256 g/mol. The Morgan fingerprint density at radius 2 is 1.25 bits per heavy atom. The van der Waals surface area contributed by atoms with Crippen LogP contribution in [0.1, 0.15) is 11.1 Å². The number of rotatable bonds is 4. The normalized spacial score (nSPS) is 10.8. The predicted octanol–water partition coefficient (Wildman–Crippen LogP) is 1.14. The van der Waals surface area contributed by atoms with Crippen molar-refractivity contribution in [2.75, 3.05) is 0 Å². The van der Waals surface area contributed by atoms with Crippen molar-refractivity contribution in [2.45, 2.75) is 0 Å². The highest BCUT2D eigenvalue weighted by molar-refractivity contribution is 5.83. The molecule has 0 atom stereocenters. The van der Waals surface area contributed by atoms with Crippen LogP contribution < -0.4 is 10.9 Å². The molecule has 20 heavy (non-hydrogen) atoms. The SMILES string of the molecule is O=C(N/N=C\c1ccncc1)N/N=C\c1ccncc1. The molecule has 2 amide bonds. The van der Waals surface area contributed by atoms with E-state index in [1.165, 1.54) is 12.4 Å². The zero-order valence-electron chi connectivity index (χ0n) is 10.5. The largest absolute Gasteiger partial charge is 0.355 e. The predicted molar refractivity (Wildman–Crippen MR) is 75.3 cm³/mol. The summed E-state index contributed by atoms with van der Waals surface area (Å²) in [5, 5.41) is 7.54. The van der Waals surface area contributed by atoms with Gasteiger partial charge in [-0.15, -0.1) is 0 Å². The average Bonchev–Trinajstić information content (AvgIpc) is 2.49. The highest BCUT2D eigenvalue weighted by atomic mass is 16.2. The molecule has 0 spiro atoms. The van der Waals surface area contributed by atoms with Gasteiger partial charge in [0, 0.05) is 24.8 Å². The molecule has 0 aliphatic heterocycles. The number of carbonyl (C=O) groups excluding carboxylic acids is 1. The maximum Gasteiger partial charge on any atom is 0.355 e. The summed E-state index contributed by atoms with van der Waals surface area (Å²) < 4.78 is 0. The Morgan fingerprint density at radius 3 is 1.65 bits per heavy atom. The quantitative estimate of drug-likeness (QED) is 0.643. The number of hydrogen-bond donors (Lipinski definition) is 2. The van der Waals surface area contributed by atoms with E-state index >= 15 is 0 Å². The number of hydrazone groups is 2. The number of aromatic nitrogens is 2. The van der Waals surface area contributed by atoms with Gasteiger partial charge in [-0.3, -0.25) is 9.97 Å². The minimum atomic E-state index is -0.527. The molecule has 2 N–H and O–H groups in total. The van der Waals surface area contributed by atoms with Gasteiger partial charge in [0.1, 0.15) is 0 Å². The van der Waals surface area contributed by atoms with Gasteiger partial charge in [-0.1, -0.05) is 0 Å². The number of carbonyl (C=O) groups is 1. The van der Waals surface area contributed by atoms with Crippen LogP contribution in [-0.2, 0) is 0 Å². The first-order valence-electron chi connectivity index (χ1n) is 5.77. The second-order valence-corrected chi connectivity index (χ2v) is 3.63. The van der Waals surface area contributed by atoms with Gasteiger partial charge >= 0.3 is 6.03 Å². The molecule has 0 saturated carbocycles. The van der Waals surface area contributed by atoms with E-state index in [1.54, 1.807) is 49.1 Å². The summed E-state index contributed by atoms with van der Waals surface area (Å²) in [7, 11) is 0. The summed E-state index contributed by atoms with van der Waals surface area (Å²) in [5.41, 5.74) is 6.25. The number of urea groups is 1. The van der Waals surface area contributed by atoms with Crippen molar-refractivity contribution in [3.8, 4) is 0 Å². The van der Waals surface area contributed by atoms with Crippen LogP contribution in [0.3, 0.4) is 0 Å². The van der Waals surface area contributed by atoms with Gasteiger partial charge in [-0.05, 0) is 35.4 Å². The van der Waals surface area contributed by atoms with Crippen LogP contribution in [0.15, 0.2) is 59.3 Å². The van der Waals surface area contributed by atoms with Crippen molar-refractivity contribution >= 4 is 18.5 Å². The molecule has 0 aliphatic rings. The summed E-state index contributed by atoms with van der Waals surface area (Å²) in [6.07, 6.45) is 9.57. The van der Waals surface area contributed by atoms with Gasteiger partial charge in [0.15, 0.2) is 0 Å². The van der Waals surface area contributed by atoms with Crippen molar-refractivity contribution < 1.29 is 4.79 Å². The Balaban J connectivity index is 1.76. The summed E-state index contributed by atoms with van der Waals surface area (Å²) in [5.74, 6) is 0. The van der Waals surface area contributed by atoms with E-state index in [4.69, 9.17) is 0 Å². The van der Waals surface area contributed by atoms with Gasteiger partial charge in [0.2, 0.25) is 0 Å². The topological polar surface area (TPSA) is 91.6 Å². The van der Waals surface area contributed by atoms with Gasteiger partial charge in [0.05, 0.1) is 12.4 Å². The molecule has 2 aromatic rings. The van der Waals surface area contributed by atoms with Crippen LogP contribution in [-0.4, -0.2) is 28.4 Å². The van der Waals surface area contributed by atoms with E-state index in [1.807, 2.05) is 0 Å². The van der Waals surface area contributed by atoms with Crippen LogP contribution in [0, 0.1) is 0 Å². The summed E-state index contributed by atoms with van der Waals surface area (Å²) >= 11 is 0. The molecule has 7 nitrogen and oxygen atoms in total. The lowest BCUT2D eigenvalue weighted by molar-refractivity contribution is 0.242. The van der Waals surface area contributed by atoms with Crippen molar-refractivity contribution in [1.29, 1.82) is 0 Å². The number of amides is 2. The lowest BCUT2D eigenvalue weighted by atomic mass is 10.3. The third-order valence-corrected chi connectivity index (χ3v) is 2.17. The van der Waals surface area contributed by atoms with Gasteiger partial charge in [0.25, 0.3) is 0 Å². The van der Waals surface area contributed by atoms with Crippen LogP contribution in [0.2, 0.25) is 0 Å². The van der Waals surface area contributed by atoms with Crippen molar-refractivity contribution in [3.63, 3.8) is 0 Å². The van der Waals surface area contributed by atoms with Crippen molar-refractivity contribution in [1.82, 2.24) is 20.8 Å². The Labute approximate surface area is 115 Å². The average molecular weight is 268 g/mol. The highest BCUT2D eigenvalue weighted by Crippen LogP contribution is 1.91. The number of pyridine rings is 2. The lowest BCUT2D eigenvalue weighted by Crippen LogP contribution is -2.28. The van der Waals surface area contributed by atoms with Gasteiger partial charge in [-0.2, -0.15) is 10.2 Å². The maximum atomic E-state index is 11.3. The molecule has 0 aliphatic carbocycles. The van der Waals surface area contributed by atoms with Crippen LogP contribution in [0.4, 0.5) is 4.79 Å². The van der Waals surface area contributed by atoms with Gasteiger partial charge in [-0.25, -0.2) is 15.6 Å². The maximum absolute atomic E-state index is 11.3. The minimum absolute atomic E-state index is 0.527. The lowest BCUT2D eigenvalue weighted by Gasteiger charge is -1.97. The van der Waals surface area contributed by atoms with Crippen LogP contribution >= 0.6 is 0 Å². The Hall–Kier alpha value is -3.09. The van der Waals surface area contributed by atoms with Gasteiger partial charge < -0.3 is 0 Å². The van der Waals surface area contributed by atoms with E-state index in [0.717, 1.165) is 11.1 Å². The molecule has 2 heterocycles. The van der Waals surface area contributed by atoms with Crippen molar-refractivity contribution in [2.24, 2.45) is 10.2 Å². The van der Waals surface area contributed by atoms with E-state index in [9.17, 15) is 4.79 Å². The molecule has 2 rings (SSSR count). The number of nitrogens with zero attached hydrogens (tertiary/aromatic N) is 4. The first-order valence-corrected chi connectivity index (χ1v) is 5.77. The first kappa shape index (κ1) is 13.3. The molecule has 100 valence electrons. The molecule has 0 aromatic carbocycles. The van der Waals surface area contributed by atoms with Crippen LogP contribution in [0.25, 0.3) is 0 Å². The molecule has 2 aromatic heterocycles. The minimum Gasteiger partial charge on any atom is -0.265 e. The van der Waals surface area contributed by atoms with E-state index in [2.05, 4.69) is 31.0 Å². The standard InChI is InChI=1S/C13H12N6O/c20-13(18-16-9-11-1-5-14-6-2-11)19-17-10-12-3-7-15-8-4-12/h1-10H,(H2,18,19,20)/b16-9-,17-10-. The molecule has 0 radical (unpaired) electrons. The Morgan fingerprint density at radius 1 is 0.850 bits per heavy atom. The van der Waals surface area contributed by atoms with E-state index in [0.29, 0.717) is 0 Å². The van der Waals surface area contributed by atoms with E-state index in [-0.39, 0.29) is 0 Å². The first-order chi connectivity index (χ1) is 9.84. The second-order valence-electron chi connectivity index (χ2n) is 3.63. The summed E-state index contributed by atoms with van der Waals surface area (Å²) in [4.78, 5) is 19.1. The number of nitrogens with one attached hydrogen (secondary N) is 2. The Bertz CT molecular complexity index is 543. The van der Waals surface area contributed by atoms with Crippen molar-refractivity contribution in [3.05, 3.63) is 60.2 Å².